The molecule has 1 aromatic carbocycles. The van der Waals surface area contributed by atoms with Crippen LogP contribution in [0.25, 0.3) is 10.9 Å². The minimum absolute atomic E-state index is 0.496. The Labute approximate surface area is 81.5 Å². The fourth-order valence-corrected chi connectivity index (χ4v) is 1.07. The Morgan fingerprint density at radius 1 is 1.54 bits per heavy atom. The second kappa shape index (κ2) is 4.30. The molecule has 13 heavy (non-hydrogen) atoms. The monoisotopic (exact) mass is 188 g/mol. The maximum Gasteiger partial charge on any atom is 0.194 e. The molecule has 0 saturated carbocycles. The van der Waals surface area contributed by atoms with E-state index >= 15 is 0 Å². The first kappa shape index (κ1) is 9.32. The van der Waals surface area contributed by atoms with Crippen LogP contribution in [-0.2, 0) is 0 Å². The van der Waals surface area contributed by atoms with Crippen LogP contribution in [0.4, 0.5) is 5.69 Å². The number of nitrogens with zero attached hydrogens (tertiary/aromatic N) is 2. The lowest BCUT2D eigenvalue weighted by molar-refractivity contribution is 1.54. The van der Waals surface area contributed by atoms with Crippen molar-refractivity contribution in [1.29, 1.82) is 5.26 Å². The van der Waals surface area contributed by atoms with Crippen molar-refractivity contribution in [2.75, 3.05) is 0 Å². The van der Waals surface area contributed by atoms with Crippen molar-refractivity contribution in [1.82, 2.24) is 0 Å². The summed E-state index contributed by atoms with van der Waals surface area (Å²) < 4.78 is 0. The third kappa shape index (κ3) is 2.33. The molecule has 1 aromatic rings. The van der Waals surface area contributed by atoms with E-state index in [-0.39, 0.29) is 0 Å². The Kier molecular flexibility index (Phi) is 3.09. The van der Waals surface area contributed by atoms with Crippen molar-refractivity contribution in [3.05, 3.63) is 46.3 Å². The van der Waals surface area contributed by atoms with Crippen LogP contribution in [0.15, 0.2) is 24.3 Å². The number of halogens is 1. The van der Waals surface area contributed by atoms with Crippen LogP contribution in [0, 0.1) is 17.9 Å². The second-order valence-electron chi connectivity index (χ2n) is 2.28. The van der Waals surface area contributed by atoms with Crippen LogP contribution in [-0.4, -0.2) is 0 Å². The molecular weight excluding hydrogens is 184 g/mol. The fraction of sp³-hybridized carbons (Fsp3) is 0. The molecule has 0 saturated heterocycles. The highest BCUT2D eigenvalue weighted by molar-refractivity contribution is 6.30. The summed E-state index contributed by atoms with van der Waals surface area (Å²) in [5.41, 5.74) is 1.17. The SMILES string of the molecule is [C-]#[N+]c1ccc(Cl)cc1C=CC#N. The molecule has 0 bridgehead atoms. The first-order chi connectivity index (χ1) is 6.27. The van der Waals surface area contributed by atoms with Gasteiger partial charge in [0.1, 0.15) is 0 Å². The molecule has 0 atom stereocenters. The molecule has 0 spiro atoms. The van der Waals surface area contributed by atoms with E-state index in [1.807, 2.05) is 6.07 Å². The van der Waals surface area contributed by atoms with Crippen LogP contribution >= 0.6 is 11.6 Å². The average Bonchev–Trinajstić information content (AvgIpc) is 2.15. The normalized spacial score (nSPS) is 9.46. The zero-order valence-corrected chi connectivity index (χ0v) is 7.42. The van der Waals surface area contributed by atoms with Crippen LogP contribution in [0.5, 0.6) is 0 Å². The van der Waals surface area contributed by atoms with Crippen molar-refractivity contribution in [2.45, 2.75) is 0 Å². The van der Waals surface area contributed by atoms with Gasteiger partial charge in [0.2, 0.25) is 0 Å². The molecule has 3 heteroatoms. The van der Waals surface area contributed by atoms with E-state index < -0.39 is 0 Å². The summed E-state index contributed by atoms with van der Waals surface area (Å²) in [5.74, 6) is 0. The Morgan fingerprint density at radius 3 is 2.92 bits per heavy atom. The van der Waals surface area contributed by atoms with Gasteiger partial charge in [-0.25, -0.2) is 4.85 Å². The largest absolute Gasteiger partial charge is 0.238 e. The van der Waals surface area contributed by atoms with Gasteiger partial charge in [-0.15, -0.1) is 0 Å². The highest BCUT2D eigenvalue weighted by atomic mass is 35.5. The third-order valence-corrected chi connectivity index (χ3v) is 1.68. The van der Waals surface area contributed by atoms with E-state index in [9.17, 15) is 0 Å². The molecule has 0 aromatic heterocycles. The van der Waals surface area contributed by atoms with E-state index in [4.69, 9.17) is 23.4 Å². The summed E-state index contributed by atoms with van der Waals surface area (Å²) >= 11 is 5.73. The summed E-state index contributed by atoms with van der Waals surface area (Å²) in [6.45, 7) is 6.86. The number of hydrogen-bond acceptors (Lipinski definition) is 1. The van der Waals surface area contributed by atoms with Gasteiger partial charge < -0.3 is 0 Å². The van der Waals surface area contributed by atoms with Crippen molar-refractivity contribution < 1.29 is 0 Å². The molecule has 1 rings (SSSR count). The molecule has 0 aliphatic carbocycles. The summed E-state index contributed by atoms with van der Waals surface area (Å²) in [4.78, 5) is 3.30. The number of benzene rings is 1. The van der Waals surface area contributed by atoms with Gasteiger partial charge in [0.15, 0.2) is 5.69 Å². The minimum atomic E-state index is 0.496. The molecule has 0 aliphatic heterocycles. The lowest BCUT2D eigenvalue weighted by Crippen LogP contribution is -1.72. The van der Waals surface area contributed by atoms with Crippen LogP contribution in [0.1, 0.15) is 5.56 Å². The molecule has 0 fully saturated rings. The Balaban J connectivity index is 3.19. The first-order valence-electron chi connectivity index (χ1n) is 3.51. The standard InChI is InChI=1S/C10H5ClN2/c1-13-10-5-4-9(11)7-8(10)3-2-6-12/h2-5,7H. The van der Waals surface area contributed by atoms with Gasteiger partial charge in [-0.1, -0.05) is 29.8 Å². The zero-order valence-electron chi connectivity index (χ0n) is 6.66. The molecule has 0 aliphatic rings. The lowest BCUT2D eigenvalue weighted by Gasteiger charge is -1.96. The number of nitriles is 1. The topological polar surface area (TPSA) is 28.1 Å². The van der Waals surface area contributed by atoms with Gasteiger partial charge in [-0.2, -0.15) is 5.26 Å². The van der Waals surface area contributed by atoms with Crippen molar-refractivity contribution >= 4 is 23.4 Å². The van der Waals surface area contributed by atoms with E-state index in [1.54, 1.807) is 24.3 Å². The molecule has 0 unspecified atom stereocenters. The highest BCUT2D eigenvalue weighted by Gasteiger charge is 1.98. The van der Waals surface area contributed by atoms with Crippen LogP contribution in [0.3, 0.4) is 0 Å². The molecule has 0 amide bonds. The maximum atomic E-state index is 8.31. The van der Waals surface area contributed by atoms with Gasteiger partial charge >= 0.3 is 0 Å². The maximum absolute atomic E-state index is 8.31. The Morgan fingerprint density at radius 2 is 2.31 bits per heavy atom. The van der Waals surface area contributed by atoms with Gasteiger partial charge in [0, 0.05) is 11.1 Å². The smallest absolute Gasteiger partial charge is 0.194 e. The molecular formula is C10H5ClN2. The molecule has 62 valence electrons. The third-order valence-electron chi connectivity index (χ3n) is 1.45. The van der Waals surface area contributed by atoms with Gasteiger partial charge in [0.25, 0.3) is 0 Å². The van der Waals surface area contributed by atoms with E-state index in [1.165, 1.54) is 6.08 Å². The van der Waals surface area contributed by atoms with E-state index in [2.05, 4.69) is 4.85 Å². The van der Waals surface area contributed by atoms with Crippen molar-refractivity contribution in [3.8, 4) is 6.07 Å². The van der Waals surface area contributed by atoms with Crippen molar-refractivity contribution in [2.24, 2.45) is 0 Å². The number of rotatable bonds is 1. The summed E-state index contributed by atoms with van der Waals surface area (Å²) in [5, 5.41) is 8.87. The average molecular weight is 189 g/mol. The molecule has 0 radical (unpaired) electrons. The van der Waals surface area contributed by atoms with Gasteiger partial charge in [-0.05, 0) is 11.6 Å². The van der Waals surface area contributed by atoms with Crippen LogP contribution in [0.2, 0.25) is 5.02 Å². The van der Waals surface area contributed by atoms with Gasteiger partial charge in [-0.3, -0.25) is 0 Å². The number of hydrogen-bond donors (Lipinski definition) is 0. The van der Waals surface area contributed by atoms with E-state index in [0.29, 0.717) is 16.3 Å². The molecule has 2 nitrogen and oxygen atoms in total. The summed E-state index contributed by atoms with van der Waals surface area (Å²) in [6.07, 6.45) is 2.89. The Hall–Kier alpha value is -1.77. The quantitative estimate of drug-likeness (QED) is 0.490. The first-order valence-corrected chi connectivity index (χ1v) is 3.89. The zero-order chi connectivity index (χ0) is 9.68. The summed E-state index contributed by atoms with van der Waals surface area (Å²) in [7, 11) is 0. The second-order valence-corrected chi connectivity index (χ2v) is 2.71. The highest BCUT2D eigenvalue weighted by Crippen LogP contribution is 2.24. The van der Waals surface area contributed by atoms with Crippen LogP contribution < -0.4 is 0 Å². The predicted molar refractivity (Wildman–Crippen MR) is 52.4 cm³/mol. The molecule has 0 N–H and O–H groups in total. The Bertz CT molecular complexity index is 422. The predicted octanol–water partition coefficient (Wildman–Crippen LogP) is 3.43. The van der Waals surface area contributed by atoms with E-state index in [0.717, 1.165) is 0 Å². The number of allylic oxidation sites excluding steroid dienone is 1. The molecule has 0 heterocycles. The fourth-order valence-electron chi connectivity index (χ4n) is 0.888. The minimum Gasteiger partial charge on any atom is -0.238 e. The summed E-state index contributed by atoms with van der Waals surface area (Å²) in [6, 6.07) is 6.80. The lowest BCUT2D eigenvalue weighted by atomic mass is 10.1. The van der Waals surface area contributed by atoms with Gasteiger partial charge in [0.05, 0.1) is 12.6 Å². The van der Waals surface area contributed by atoms with Crippen molar-refractivity contribution in [3.63, 3.8) is 0 Å².